The number of carbonyl (C=O) groups excluding carboxylic acids is 2. The number of nitrogens with one attached hydrogen (secondary N) is 1. The van der Waals surface area contributed by atoms with E-state index in [1.165, 1.54) is 15.2 Å². The van der Waals surface area contributed by atoms with Gasteiger partial charge < -0.3 is 14.5 Å². The van der Waals surface area contributed by atoms with Crippen LogP contribution in [0.3, 0.4) is 0 Å². The van der Waals surface area contributed by atoms with E-state index >= 15 is 0 Å². The summed E-state index contributed by atoms with van der Waals surface area (Å²) in [6.45, 7) is 5.75. The fraction of sp³-hybridized carbons (Fsp3) is 0.366. The topological polar surface area (TPSA) is 135 Å². The van der Waals surface area contributed by atoms with Gasteiger partial charge in [-0.25, -0.2) is 23.7 Å². The molecule has 2 amide bonds. The largest absolute Gasteiger partial charge is 0.493 e. The zero-order valence-electron chi connectivity index (χ0n) is 31.2. The lowest BCUT2D eigenvalue weighted by atomic mass is 10.0. The minimum absolute atomic E-state index is 0.0666. The van der Waals surface area contributed by atoms with Gasteiger partial charge in [-0.05, 0) is 79.8 Å². The van der Waals surface area contributed by atoms with Crippen molar-refractivity contribution in [1.29, 1.82) is 0 Å². The third-order valence-electron chi connectivity index (χ3n) is 11.3. The number of amides is 2. The van der Waals surface area contributed by atoms with Crippen molar-refractivity contribution in [3.05, 3.63) is 101 Å². The van der Waals surface area contributed by atoms with E-state index in [-0.39, 0.29) is 29.9 Å². The summed E-state index contributed by atoms with van der Waals surface area (Å²) in [5, 5.41) is 7.37. The molecule has 0 saturated carbocycles. The molecule has 6 aromatic rings. The Hall–Kier alpha value is -6.09. The summed E-state index contributed by atoms with van der Waals surface area (Å²) in [7, 11) is 1.68. The number of carbonyl (C=O) groups is 2. The summed E-state index contributed by atoms with van der Waals surface area (Å²) < 4.78 is 25.0. The van der Waals surface area contributed by atoms with Crippen molar-refractivity contribution >= 4 is 40.1 Å². The predicted molar refractivity (Wildman–Crippen MR) is 209 cm³/mol. The molecule has 9 rings (SSSR count). The van der Waals surface area contributed by atoms with Crippen LogP contribution in [0.15, 0.2) is 83.8 Å². The average molecular weight is 759 g/mol. The van der Waals surface area contributed by atoms with Crippen LogP contribution in [0.2, 0.25) is 0 Å². The first-order chi connectivity index (χ1) is 27.3. The van der Waals surface area contributed by atoms with Gasteiger partial charge in [-0.2, -0.15) is 0 Å². The standard InChI is InChI=1S/C41H43FN10O4/c1-47-34-25-29(11-12-32(34)51(41(47)55)33-13-16-39(53)45-40(33)54)56-23-5-17-48-19-21-49(22-20-48)37-10-3-8-30(44-37)35-26-43-36-14-15-38(46-52(35)36)50-18-4-9-31(50)27-6-2-7-28(42)24-27/h2-3,6-8,10-12,14-15,24-26,31,33H,4-5,9,13,16-23H2,1H3,(H,45,53,54)/t31-,33?/m1/s1. The third-order valence-corrected chi connectivity index (χ3v) is 11.3. The minimum Gasteiger partial charge on any atom is -0.493 e. The zero-order chi connectivity index (χ0) is 38.3. The number of imide groups is 1. The van der Waals surface area contributed by atoms with Crippen LogP contribution in [0.25, 0.3) is 28.1 Å². The molecule has 0 spiro atoms. The van der Waals surface area contributed by atoms with E-state index in [0.717, 1.165) is 92.8 Å². The van der Waals surface area contributed by atoms with Crippen molar-refractivity contribution < 1.29 is 18.7 Å². The van der Waals surface area contributed by atoms with E-state index in [4.69, 9.17) is 14.8 Å². The van der Waals surface area contributed by atoms with Crippen LogP contribution in [0.1, 0.15) is 49.8 Å². The number of hydrogen-bond acceptors (Lipinski definition) is 10. The smallest absolute Gasteiger partial charge is 0.329 e. The Labute approximate surface area is 322 Å². The maximum Gasteiger partial charge on any atom is 0.329 e. The fourth-order valence-corrected chi connectivity index (χ4v) is 8.38. The van der Waals surface area contributed by atoms with Gasteiger partial charge in [0, 0.05) is 58.8 Å². The van der Waals surface area contributed by atoms with Crippen molar-refractivity contribution in [2.24, 2.45) is 7.05 Å². The molecule has 0 aliphatic carbocycles. The Morgan fingerprint density at radius 3 is 2.57 bits per heavy atom. The summed E-state index contributed by atoms with van der Waals surface area (Å²) in [4.78, 5) is 53.9. The van der Waals surface area contributed by atoms with E-state index in [1.807, 2.05) is 53.2 Å². The first-order valence-electron chi connectivity index (χ1n) is 19.3. The average Bonchev–Trinajstić information content (AvgIpc) is 3.94. The van der Waals surface area contributed by atoms with E-state index in [2.05, 4.69) is 31.1 Å². The molecule has 56 heavy (non-hydrogen) atoms. The molecule has 3 fully saturated rings. The highest BCUT2D eigenvalue weighted by Crippen LogP contribution is 2.36. The Bertz CT molecular complexity index is 2500. The van der Waals surface area contributed by atoms with Gasteiger partial charge in [-0.3, -0.25) is 28.9 Å². The summed E-state index contributed by atoms with van der Waals surface area (Å²) in [6, 6.07) is 21.7. The van der Waals surface area contributed by atoms with E-state index in [9.17, 15) is 18.8 Å². The fourth-order valence-electron chi connectivity index (χ4n) is 8.38. The van der Waals surface area contributed by atoms with Crippen LogP contribution >= 0.6 is 0 Å². The molecule has 1 unspecified atom stereocenters. The Kier molecular flexibility index (Phi) is 9.45. The molecule has 4 aromatic heterocycles. The van der Waals surface area contributed by atoms with Gasteiger partial charge in [0.15, 0.2) is 5.65 Å². The molecule has 288 valence electrons. The van der Waals surface area contributed by atoms with Gasteiger partial charge in [0.2, 0.25) is 11.8 Å². The van der Waals surface area contributed by atoms with Crippen LogP contribution in [0.4, 0.5) is 16.0 Å². The summed E-state index contributed by atoms with van der Waals surface area (Å²) in [6.07, 6.45) is 5.11. The molecule has 15 heteroatoms. The summed E-state index contributed by atoms with van der Waals surface area (Å²) >= 11 is 0. The number of fused-ring (bicyclic) bond motifs is 2. The number of benzene rings is 2. The SMILES string of the molecule is Cn1c(=O)n(C2CCC(=O)NC2=O)c2ccc(OCCCN3CCN(c4cccc(-c5cnc6ccc(N7CCC[C@@H]7c7cccc(F)c7)nn56)n4)CC3)cc21. The molecular weight excluding hydrogens is 716 g/mol. The van der Waals surface area contributed by atoms with Gasteiger partial charge >= 0.3 is 5.69 Å². The molecule has 7 heterocycles. The number of piperazine rings is 1. The molecule has 0 radical (unpaired) electrons. The zero-order valence-corrected chi connectivity index (χ0v) is 31.2. The van der Waals surface area contributed by atoms with Crippen LogP contribution in [0.5, 0.6) is 5.75 Å². The monoisotopic (exact) mass is 758 g/mol. The molecule has 1 N–H and O–H groups in total. The number of rotatable bonds is 10. The highest BCUT2D eigenvalue weighted by molar-refractivity contribution is 6.00. The van der Waals surface area contributed by atoms with Crippen LogP contribution in [-0.2, 0) is 16.6 Å². The van der Waals surface area contributed by atoms with Crippen molar-refractivity contribution in [2.45, 2.75) is 44.2 Å². The van der Waals surface area contributed by atoms with Gasteiger partial charge in [-0.15, -0.1) is 5.10 Å². The molecule has 2 atom stereocenters. The lowest BCUT2D eigenvalue weighted by molar-refractivity contribution is -0.135. The quantitative estimate of drug-likeness (QED) is 0.157. The number of nitrogens with zero attached hydrogens (tertiary/aromatic N) is 9. The second-order valence-corrected chi connectivity index (χ2v) is 14.8. The van der Waals surface area contributed by atoms with Gasteiger partial charge in [-0.1, -0.05) is 18.2 Å². The number of halogens is 1. The first kappa shape index (κ1) is 35.6. The van der Waals surface area contributed by atoms with Crippen molar-refractivity contribution in [3.8, 4) is 17.1 Å². The molecule has 2 aromatic carbocycles. The van der Waals surface area contributed by atoms with Crippen LogP contribution < -0.4 is 25.5 Å². The molecule has 3 aliphatic rings. The normalized spacial score (nSPS) is 19.3. The maximum absolute atomic E-state index is 14.1. The van der Waals surface area contributed by atoms with Crippen molar-refractivity contribution in [2.75, 3.05) is 55.7 Å². The Morgan fingerprint density at radius 2 is 1.73 bits per heavy atom. The lowest BCUT2D eigenvalue weighted by Gasteiger charge is -2.35. The molecule has 0 bridgehead atoms. The number of aryl methyl sites for hydroxylation is 1. The predicted octanol–water partition coefficient (Wildman–Crippen LogP) is 4.49. The molecule has 3 saturated heterocycles. The maximum atomic E-state index is 14.1. The van der Waals surface area contributed by atoms with Gasteiger partial charge in [0.25, 0.3) is 0 Å². The van der Waals surface area contributed by atoms with Crippen LogP contribution in [0, 0.1) is 5.82 Å². The van der Waals surface area contributed by atoms with Crippen molar-refractivity contribution in [3.63, 3.8) is 0 Å². The summed E-state index contributed by atoms with van der Waals surface area (Å²) in [5.41, 5.74) is 4.32. The number of pyridine rings is 1. The van der Waals surface area contributed by atoms with E-state index < -0.39 is 11.9 Å². The minimum atomic E-state index is -0.719. The third kappa shape index (κ3) is 6.76. The second-order valence-electron chi connectivity index (χ2n) is 14.8. The highest BCUT2D eigenvalue weighted by atomic mass is 19.1. The second kappa shape index (κ2) is 14.9. The van der Waals surface area contributed by atoms with Gasteiger partial charge in [0.1, 0.15) is 34.9 Å². The van der Waals surface area contributed by atoms with E-state index in [0.29, 0.717) is 29.8 Å². The summed E-state index contributed by atoms with van der Waals surface area (Å²) in [5.74, 6) is 1.41. The molecule has 3 aliphatic heterocycles. The van der Waals surface area contributed by atoms with Gasteiger partial charge in [0.05, 0.1) is 35.6 Å². The molecular formula is C41H43FN10O4. The highest BCUT2D eigenvalue weighted by Gasteiger charge is 2.32. The number of anilines is 2. The van der Waals surface area contributed by atoms with Crippen LogP contribution in [-0.4, -0.2) is 91.3 Å². The Balaban J connectivity index is 0.804. The number of hydrogen-bond donors (Lipinski definition) is 1. The lowest BCUT2D eigenvalue weighted by Crippen LogP contribution is -2.47. The first-order valence-corrected chi connectivity index (χ1v) is 19.3. The van der Waals surface area contributed by atoms with E-state index in [1.54, 1.807) is 25.2 Å². The molecule has 14 nitrogen and oxygen atoms in total. The number of aromatic nitrogens is 6. The van der Waals surface area contributed by atoms with Crippen molar-refractivity contribution in [1.82, 2.24) is 38.9 Å². The number of imidazole rings is 2. The number of ether oxygens (including phenoxy) is 1. The number of piperidine rings is 1. The Morgan fingerprint density at radius 1 is 0.875 bits per heavy atom.